The average Bonchev–Trinajstić information content (AvgIpc) is 3.42. The van der Waals surface area contributed by atoms with E-state index in [-0.39, 0.29) is 23.6 Å². The lowest BCUT2D eigenvalue weighted by Crippen LogP contribution is -2.27. The molecule has 1 saturated heterocycles. The maximum absolute atomic E-state index is 12.0. The second-order valence-electron chi connectivity index (χ2n) is 6.71. The number of carbonyl (C=O) groups excluding carboxylic acids is 1. The van der Waals surface area contributed by atoms with Gasteiger partial charge in [-0.05, 0) is 24.3 Å². The number of anilines is 1. The van der Waals surface area contributed by atoms with Gasteiger partial charge in [0.25, 0.3) is 0 Å². The molecule has 1 aliphatic heterocycles. The van der Waals surface area contributed by atoms with Gasteiger partial charge in [-0.1, -0.05) is 6.58 Å². The van der Waals surface area contributed by atoms with Crippen molar-refractivity contribution in [3.05, 3.63) is 36.6 Å². The van der Waals surface area contributed by atoms with Crippen molar-refractivity contribution in [2.45, 2.75) is 12.5 Å². The van der Waals surface area contributed by atoms with Crippen molar-refractivity contribution >= 4 is 22.8 Å². The number of nitrogens with zero attached hydrogens (tertiary/aromatic N) is 7. The van der Waals surface area contributed by atoms with Gasteiger partial charge in [-0.25, -0.2) is 14.6 Å². The van der Waals surface area contributed by atoms with Crippen molar-refractivity contribution < 1.29 is 14.3 Å². The lowest BCUT2D eigenvalue weighted by atomic mass is 10.2. The Morgan fingerprint density at radius 1 is 1.26 bits per heavy atom. The van der Waals surface area contributed by atoms with Crippen LogP contribution in [0.25, 0.3) is 11.0 Å². The number of rotatable bonds is 4. The lowest BCUT2D eigenvalue weighted by Gasteiger charge is -2.14. The third-order valence-electron chi connectivity index (χ3n) is 4.90. The molecule has 4 rings (SSSR count). The standard InChI is InChI=1S/C20H20N8O3/c1-4-17(29)27-8-7-12(10-27)28-20-18(19(21)22-11-23-20)13(26-28)5-6-14-24-15(30-2)9-16(25-14)31-3/h4,9,11-12H,1,7-8,10H2,2-3H3,(H2,21,22,23). The molecule has 0 aliphatic carbocycles. The molecule has 0 spiro atoms. The number of amides is 1. The van der Waals surface area contributed by atoms with Gasteiger partial charge < -0.3 is 20.1 Å². The van der Waals surface area contributed by atoms with Crippen molar-refractivity contribution in [2.75, 3.05) is 33.0 Å². The molecule has 11 heteroatoms. The largest absolute Gasteiger partial charge is 0.481 e. The second-order valence-corrected chi connectivity index (χ2v) is 6.71. The van der Waals surface area contributed by atoms with Crippen LogP contribution >= 0.6 is 0 Å². The Morgan fingerprint density at radius 2 is 2.00 bits per heavy atom. The van der Waals surface area contributed by atoms with E-state index >= 15 is 0 Å². The first-order valence-electron chi connectivity index (χ1n) is 9.43. The fraction of sp³-hybridized carbons (Fsp3) is 0.300. The third kappa shape index (κ3) is 3.83. The number of hydrogen-bond donors (Lipinski definition) is 1. The SMILES string of the molecule is C=CC(=O)N1CCC(n2nc(C#Cc3nc(OC)cc(OC)n3)c3c(N)ncnc32)C1. The van der Waals surface area contributed by atoms with E-state index in [1.807, 2.05) is 0 Å². The maximum atomic E-state index is 12.0. The van der Waals surface area contributed by atoms with Crippen LogP contribution in [0.3, 0.4) is 0 Å². The van der Waals surface area contributed by atoms with Gasteiger partial charge in [-0.2, -0.15) is 15.1 Å². The first-order valence-corrected chi connectivity index (χ1v) is 9.43. The Bertz CT molecular complexity index is 1200. The Balaban J connectivity index is 1.75. The number of methoxy groups -OCH3 is 2. The number of likely N-dealkylation sites (tertiary alicyclic amines) is 1. The van der Waals surface area contributed by atoms with Gasteiger partial charge in [0.15, 0.2) is 5.65 Å². The monoisotopic (exact) mass is 420 g/mol. The summed E-state index contributed by atoms with van der Waals surface area (Å²) >= 11 is 0. The molecule has 1 fully saturated rings. The molecule has 0 saturated carbocycles. The molecule has 0 radical (unpaired) electrons. The van der Waals surface area contributed by atoms with E-state index in [0.717, 1.165) is 6.42 Å². The molecule has 158 valence electrons. The van der Waals surface area contributed by atoms with Crippen LogP contribution in [0.15, 0.2) is 25.0 Å². The Morgan fingerprint density at radius 3 is 2.68 bits per heavy atom. The smallest absolute Gasteiger partial charge is 0.246 e. The van der Waals surface area contributed by atoms with E-state index in [0.29, 0.717) is 41.6 Å². The Hall–Kier alpha value is -4.20. The molecule has 11 nitrogen and oxygen atoms in total. The molecule has 31 heavy (non-hydrogen) atoms. The van der Waals surface area contributed by atoms with Crippen molar-refractivity contribution in [1.82, 2.24) is 34.6 Å². The number of aromatic nitrogens is 6. The van der Waals surface area contributed by atoms with Crippen molar-refractivity contribution in [3.8, 4) is 23.6 Å². The second kappa shape index (κ2) is 8.27. The zero-order valence-corrected chi connectivity index (χ0v) is 17.1. The van der Waals surface area contributed by atoms with Crippen LogP contribution in [0.5, 0.6) is 11.8 Å². The highest BCUT2D eigenvalue weighted by atomic mass is 16.5. The van der Waals surface area contributed by atoms with Crippen LogP contribution in [0.2, 0.25) is 0 Å². The number of carbonyl (C=O) groups is 1. The van der Waals surface area contributed by atoms with E-state index < -0.39 is 0 Å². The minimum absolute atomic E-state index is 0.0654. The number of hydrogen-bond acceptors (Lipinski definition) is 9. The number of nitrogens with two attached hydrogens (primary N) is 1. The maximum Gasteiger partial charge on any atom is 0.246 e. The van der Waals surface area contributed by atoms with Crippen LogP contribution in [0.1, 0.15) is 24.0 Å². The van der Waals surface area contributed by atoms with Gasteiger partial charge in [0.1, 0.15) is 17.8 Å². The lowest BCUT2D eigenvalue weighted by molar-refractivity contribution is -0.125. The molecular weight excluding hydrogens is 400 g/mol. The molecule has 1 atom stereocenters. The highest BCUT2D eigenvalue weighted by Crippen LogP contribution is 2.28. The summed E-state index contributed by atoms with van der Waals surface area (Å²) in [5.74, 6) is 6.85. The molecule has 0 aromatic carbocycles. The predicted octanol–water partition coefficient (Wildman–Crippen LogP) is 0.575. The summed E-state index contributed by atoms with van der Waals surface area (Å²) in [6.07, 6.45) is 3.41. The molecular formula is C20H20N8O3. The molecule has 3 aromatic heterocycles. The average molecular weight is 420 g/mol. The molecule has 1 amide bonds. The summed E-state index contributed by atoms with van der Waals surface area (Å²) < 4.78 is 12.1. The quantitative estimate of drug-likeness (QED) is 0.475. The third-order valence-corrected chi connectivity index (χ3v) is 4.90. The van der Waals surface area contributed by atoms with Crippen LogP contribution in [-0.2, 0) is 4.79 Å². The molecule has 1 aliphatic rings. The first kappa shape index (κ1) is 20.1. The van der Waals surface area contributed by atoms with E-state index in [2.05, 4.69) is 43.5 Å². The topological polar surface area (TPSA) is 134 Å². The van der Waals surface area contributed by atoms with E-state index in [4.69, 9.17) is 15.2 Å². The Kier molecular flexibility index (Phi) is 5.36. The summed E-state index contributed by atoms with van der Waals surface area (Å²) in [5, 5.41) is 5.17. The molecule has 1 unspecified atom stereocenters. The first-order chi connectivity index (χ1) is 15.0. The van der Waals surface area contributed by atoms with Gasteiger partial charge in [0.2, 0.25) is 23.5 Å². The summed E-state index contributed by atoms with van der Waals surface area (Å²) in [6.45, 7) is 4.65. The minimum atomic E-state index is -0.114. The number of fused-ring (bicyclic) bond motifs is 1. The summed E-state index contributed by atoms with van der Waals surface area (Å²) in [6, 6.07) is 1.49. The van der Waals surface area contributed by atoms with Gasteiger partial charge in [-0.15, -0.1) is 0 Å². The molecule has 2 N–H and O–H groups in total. The van der Waals surface area contributed by atoms with Crippen LogP contribution < -0.4 is 15.2 Å². The molecule has 4 heterocycles. The van der Waals surface area contributed by atoms with E-state index in [9.17, 15) is 4.79 Å². The van der Waals surface area contributed by atoms with Crippen molar-refractivity contribution in [3.63, 3.8) is 0 Å². The fourth-order valence-corrected chi connectivity index (χ4v) is 3.39. The highest BCUT2D eigenvalue weighted by Gasteiger charge is 2.29. The van der Waals surface area contributed by atoms with Gasteiger partial charge in [0.05, 0.1) is 31.7 Å². The van der Waals surface area contributed by atoms with Crippen LogP contribution in [-0.4, -0.2) is 67.8 Å². The van der Waals surface area contributed by atoms with Gasteiger partial charge in [-0.3, -0.25) is 4.79 Å². The van der Waals surface area contributed by atoms with Crippen molar-refractivity contribution in [1.29, 1.82) is 0 Å². The summed E-state index contributed by atoms with van der Waals surface area (Å²) in [7, 11) is 2.99. The summed E-state index contributed by atoms with van der Waals surface area (Å²) in [4.78, 5) is 30.5. The van der Waals surface area contributed by atoms with Gasteiger partial charge >= 0.3 is 0 Å². The number of ether oxygens (including phenoxy) is 2. The molecule has 3 aromatic rings. The van der Waals surface area contributed by atoms with E-state index in [1.54, 1.807) is 15.6 Å². The van der Waals surface area contributed by atoms with Gasteiger partial charge in [0, 0.05) is 13.1 Å². The Labute approximate surface area is 177 Å². The predicted molar refractivity (Wildman–Crippen MR) is 111 cm³/mol. The van der Waals surface area contributed by atoms with Crippen molar-refractivity contribution in [2.24, 2.45) is 0 Å². The number of nitrogen functional groups attached to an aromatic ring is 1. The fourth-order valence-electron chi connectivity index (χ4n) is 3.39. The normalized spacial score (nSPS) is 15.4. The highest BCUT2D eigenvalue weighted by molar-refractivity contribution is 5.90. The zero-order chi connectivity index (χ0) is 22.0. The summed E-state index contributed by atoms with van der Waals surface area (Å²) in [5.41, 5.74) is 7.05. The van der Waals surface area contributed by atoms with Crippen LogP contribution in [0.4, 0.5) is 5.82 Å². The zero-order valence-electron chi connectivity index (χ0n) is 17.1. The minimum Gasteiger partial charge on any atom is -0.481 e. The molecule has 0 bridgehead atoms. The van der Waals surface area contributed by atoms with Crippen LogP contribution in [0, 0.1) is 11.8 Å². The van der Waals surface area contributed by atoms with E-state index in [1.165, 1.54) is 26.6 Å².